The van der Waals surface area contributed by atoms with Gasteiger partial charge in [-0.3, -0.25) is 9.59 Å². The Labute approximate surface area is 207 Å². The van der Waals surface area contributed by atoms with Crippen molar-refractivity contribution < 1.29 is 49.0 Å². The topological polar surface area (TPSA) is 152 Å². The fourth-order valence-corrected chi connectivity index (χ4v) is 3.44. The van der Waals surface area contributed by atoms with Gasteiger partial charge in [0, 0.05) is 0 Å². The van der Waals surface area contributed by atoms with Crippen LogP contribution in [0, 0.1) is 0 Å². The molecule has 1 aliphatic heterocycles. The minimum atomic E-state index is -1.35. The fraction of sp³-hybridized carbons (Fsp3) is 0.308. The lowest BCUT2D eigenvalue weighted by molar-refractivity contribution is -0.121. The average Bonchev–Trinajstić information content (AvgIpc) is 3.15. The summed E-state index contributed by atoms with van der Waals surface area (Å²) in [7, 11) is 2.83. The molecule has 1 fully saturated rings. The number of hydrogen-bond acceptors (Lipinski definition) is 10. The third-order valence-corrected chi connectivity index (χ3v) is 5.40. The van der Waals surface area contributed by atoms with E-state index in [0.717, 1.165) is 0 Å². The van der Waals surface area contributed by atoms with Gasteiger partial charge in [-0.1, -0.05) is 24.3 Å². The number of benzene rings is 2. The average molecular weight is 501 g/mol. The van der Waals surface area contributed by atoms with Gasteiger partial charge in [0.1, 0.15) is 18.3 Å². The second-order valence-corrected chi connectivity index (χ2v) is 7.94. The van der Waals surface area contributed by atoms with E-state index in [4.69, 9.17) is 18.9 Å². The van der Waals surface area contributed by atoms with E-state index >= 15 is 0 Å². The number of aliphatic hydroxyl groups excluding tert-OH is 3. The highest BCUT2D eigenvalue weighted by atomic mass is 16.7. The van der Waals surface area contributed by atoms with Crippen LogP contribution in [-0.2, 0) is 14.3 Å². The number of methoxy groups -OCH3 is 2. The molecule has 0 saturated carbocycles. The molecule has 2 aromatic rings. The van der Waals surface area contributed by atoms with E-state index in [-0.39, 0.29) is 29.4 Å². The molecule has 0 bridgehead atoms. The smallest absolute Gasteiger partial charge is 0.229 e. The van der Waals surface area contributed by atoms with Gasteiger partial charge in [-0.25, -0.2) is 0 Å². The van der Waals surface area contributed by atoms with Crippen LogP contribution < -0.4 is 14.2 Å². The molecule has 0 aromatic heterocycles. The molecule has 3 rings (SSSR count). The van der Waals surface area contributed by atoms with Crippen LogP contribution in [0.4, 0.5) is 0 Å². The van der Waals surface area contributed by atoms with Crippen molar-refractivity contribution in [2.75, 3.05) is 20.8 Å². The zero-order valence-electron chi connectivity index (χ0n) is 19.7. The zero-order valence-corrected chi connectivity index (χ0v) is 19.7. The molecular weight excluding hydrogens is 472 g/mol. The van der Waals surface area contributed by atoms with Gasteiger partial charge in [0.25, 0.3) is 0 Å². The summed E-state index contributed by atoms with van der Waals surface area (Å²) in [6.07, 6.45) is 0.460. The highest BCUT2D eigenvalue weighted by Crippen LogP contribution is 2.32. The van der Waals surface area contributed by atoms with Crippen molar-refractivity contribution in [3.8, 4) is 23.0 Å². The van der Waals surface area contributed by atoms with Crippen molar-refractivity contribution in [3.05, 3.63) is 59.7 Å². The number of aliphatic hydroxyl groups is 3. The largest absolute Gasteiger partial charge is 0.504 e. The molecule has 0 amide bonds. The molecule has 1 aliphatic rings. The fourth-order valence-electron chi connectivity index (χ4n) is 3.44. The summed E-state index contributed by atoms with van der Waals surface area (Å²) in [4.78, 5) is 24.4. The minimum absolute atomic E-state index is 0.0175. The van der Waals surface area contributed by atoms with Gasteiger partial charge < -0.3 is 39.4 Å². The molecule has 1 saturated heterocycles. The summed E-state index contributed by atoms with van der Waals surface area (Å²) in [6.45, 7) is -0.475. The van der Waals surface area contributed by atoms with Crippen molar-refractivity contribution in [2.24, 2.45) is 0 Å². The van der Waals surface area contributed by atoms with Crippen molar-refractivity contribution >= 4 is 23.7 Å². The Balaban J connectivity index is 1.59. The Morgan fingerprint density at radius 1 is 0.889 bits per heavy atom. The molecule has 4 N–H and O–H groups in total. The summed E-state index contributed by atoms with van der Waals surface area (Å²) < 4.78 is 21.2. The summed E-state index contributed by atoms with van der Waals surface area (Å²) in [6, 6.07) is 9.37. The summed E-state index contributed by atoms with van der Waals surface area (Å²) >= 11 is 0. The van der Waals surface area contributed by atoms with Crippen LogP contribution in [0.5, 0.6) is 23.0 Å². The first-order valence-corrected chi connectivity index (χ1v) is 11.0. The lowest BCUT2D eigenvalue weighted by Gasteiger charge is -2.18. The second kappa shape index (κ2) is 12.3. The molecule has 0 unspecified atom stereocenters. The summed E-state index contributed by atoms with van der Waals surface area (Å²) in [5.74, 6) is -0.0339. The summed E-state index contributed by atoms with van der Waals surface area (Å²) in [5.41, 5.74) is 1.22. The number of phenols is 1. The zero-order chi connectivity index (χ0) is 26.2. The molecule has 192 valence electrons. The van der Waals surface area contributed by atoms with E-state index in [1.807, 2.05) is 0 Å². The predicted molar refractivity (Wildman–Crippen MR) is 129 cm³/mol. The van der Waals surface area contributed by atoms with Crippen molar-refractivity contribution in [1.82, 2.24) is 0 Å². The Hall–Kier alpha value is -3.70. The van der Waals surface area contributed by atoms with Crippen LogP contribution in [0.2, 0.25) is 0 Å². The van der Waals surface area contributed by atoms with Crippen LogP contribution in [-0.4, -0.2) is 77.4 Å². The maximum atomic E-state index is 12.2. The minimum Gasteiger partial charge on any atom is -0.504 e. The first kappa shape index (κ1) is 26.9. The van der Waals surface area contributed by atoms with Crippen LogP contribution >= 0.6 is 0 Å². The highest BCUT2D eigenvalue weighted by molar-refractivity contribution is 6.10. The lowest BCUT2D eigenvalue weighted by Crippen LogP contribution is -2.35. The number of hydrogen-bond donors (Lipinski definition) is 4. The Morgan fingerprint density at radius 2 is 1.47 bits per heavy atom. The quantitative estimate of drug-likeness (QED) is 0.264. The number of carbonyl (C=O) groups excluding carboxylic acids is 2. The Morgan fingerprint density at radius 3 is 2.03 bits per heavy atom. The van der Waals surface area contributed by atoms with E-state index in [0.29, 0.717) is 11.1 Å². The number of ether oxygens (including phenoxy) is 4. The van der Waals surface area contributed by atoms with E-state index in [1.165, 1.54) is 50.7 Å². The first-order chi connectivity index (χ1) is 17.2. The first-order valence-electron chi connectivity index (χ1n) is 11.0. The number of allylic oxidation sites excluding steroid dienone is 2. The van der Waals surface area contributed by atoms with Gasteiger partial charge in [0.05, 0.1) is 27.2 Å². The second-order valence-electron chi connectivity index (χ2n) is 7.94. The van der Waals surface area contributed by atoms with Gasteiger partial charge in [-0.2, -0.15) is 0 Å². The van der Waals surface area contributed by atoms with E-state index in [1.54, 1.807) is 24.3 Å². The number of carbonyl (C=O) groups is 2. The van der Waals surface area contributed by atoms with Gasteiger partial charge in [0.2, 0.25) is 6.29 Å². The maximum absolute atomic E-state index is 12.2. The summed E-state index contributed by atoms with van der Waals surface area (Å²) in [5, 5.41) is 38.7. The van der Waals surface area contributed by atoms with Gasteiger partial charge in [-0.05, 0) is 47.5 Å². The van der Waals surface area contributed by atoms with E-state index in [2.05, 4.69) is 0 Å². The normalized spacial score (nSPS) is 21.7. The number of rotatable bonds is 11. The van der Waals surface area contributed by atoms with E-state index in [9.17, 15) is 30.0 Å². The molecule has 1 heterocycles. The van der Waals surface area contributed by atoms with Gasteiger partial charge in [-0.15, -0.1) is 0 Å². The van der Waals surface area contributed by atoms with E-state index < -0.39 is 42.8 Å². The Bertz CT molecular complexity index is 1140. The third kappa shape index (κ3) is 6.70. The predicted octanol–water partition coefficient (Wildman–Crippen LogP) is 1.48. The molecule has 10 heteroatoms. The molecular formula is C26H28O10. The molecule has 4 atom stereocenters. The number of aromatic hydroxyl groups is 1. The molecule has 10 nitrogen and oxygen atoms in total. The van der Waals surface area contributed by atoms with Crippen LogP contribution in [0.25, 0.3) is 12.2 Å². The van der Waals surface area contributed by atoms with Crippen molar-refractivity contribution in [1.29, 1.82) is 0 Å². The molecule has 0 radical (unpaired) electrons. The van der Waals surface area contributed by atoms with Crippen LogP contribution in [0.1, 0.15) is 17.5 Å². The number of ketones is 2. The molecule has 0 spiro atoms. The SMILES string of the molecule is COc1cc(/C=C/C(=O)CC(=O)/C=C/c2ccc(O[C@@H]3O[C@H](CO)[C@@H](O)[C@H]3O)c(OC)c2)ccc1O. The standard InChI is InChI=1S/C26H28O10/c1-33-21-11-15(5-9-19(21)30)3-7-17(28)13-18(29)8-4-16-6-10-20(22(12-16)34-2)35-26-25(32)24(31)23(14-27)36-26/h3-12,23-27,30-32H,13-14H2,1-2H3/b7-3+,8-4+/t23-,24-,25-,26-/m1/s1. The monoisotopic (exact) mass is 500 g/mol. The van der Waals surface area contributed by atoms with Crippen LogP contribution in [0.15, 0.2) is 48.6 Å². The van der Waals surface area contributed by atoms with Crippen LogP contribution in [0.3, 0.4) is 0 Å². The maximum Gasteiger partial charge on any atom is 0.229 e. The van der Waals surface area contributed by atoms with Gasteiger partial charge >= 0.3 is 0 Å². The highest BCUT2D eigenvalue weighted by Gasteiger charge is 2.44. The molecule has 36 heavy (non-hydrogen) atoms. The van der Waals surface area contributed by atoms with Crippen molar-refractivity contribution in [3.63, 3.8) is 0 Å². The lowest BCUT2D eigenvalue weighted by atomic mass is 10.1. The number of phenolic OH excluding ortho intramolecular Hbond substituents is 1. The third-order valence-electron chi connectivity index (χ3n) is 5.40. The Kier molecular flexibility index (Phi) is 9.20. The van der Waals surface area contributed by atoms with Gasteiger partial charge in [0.15, 0.2) is 34.6 Å². The molecule has 0 aliphatic carbocycles. The molecule has 2 aromatic carbocycles. The van der Waals surface area contributed by atoms with Crippen molar-refractivity contribution in [2.45, 2.75) is 31.0 Å².